The van der Waals surface area contributed by atoms with Gasteiger partial charge in [-0.25, -0.2) is 4.79 Å². The van der Waals surface area contributed by atoms with E-state index < -0.39 is 5.97 Å². The third kappa shape index (κ3) is 4.36. The molecule has 1 heterocycles. The number of hydrogen-bond donors (Lipinski definition) is 1. The molecule has 126 valence electrons. The molecule has 1 aliphatic carbocycles. The van der Waals surface area contributed by atoms with Gasteiger partial charge in [0.2, 0.25) is 0 Å². The summed E-state index contributed by atoms with van der Waals surface area (Å²) in [5.74, 6) is -0.157. The Hall–Kier alpha value is -1.85. The number of rotatable bonds is 6. The first-order chi connectivity index (χ1) is 11.5. The fraction of sp³-hybridized carbons (Fsp3) is 0.333. The molecule has 0 unspecified atom stereocenters. The molecule has 1 N–H and O–H groups in total. The van der Waals surface area contributed by atoms with Crippen LogP contribution in [0.4, 0.5) is 0 Å². The van der Waals surface area contributed by atoms with Crippen molar-refractivity contribution >= 4 is 34.8 Å². The van der Waals surface area contributed by atoms with Crippen LogP contribution < -0.4 is 5.32 Å². The van der Waals surface area contributed by atoms with Gasteiger partial charge in [0.15, 0.2) is 6.61 Å². The van der Waals surface area contributed by atoms with Crippen LogP contribution in [0.5, 0.6) is 0 Å². The molecule has 0 aliphatic heterocycles. The summed E-state index contributed by atoms with van der Waals surface area (Å²) >= 11 is 7.21. The van der Waals surface area contributed by atoms with E-state index in [4.69, 9.17) is 16.3 Å². The average molecular weight is 364 g/mol. The van der Waals surface area contributed by atoms with Crippen LogP contribution in [0, 0.1) is 5.92 Å². The average Bonchev–Trinajstić information content (AvgIpc) is 3.31. The van der Waals surface area contributed by atoms with Crippen LogP contribution in [0.2, 0.25) is 5.02 Å². The molecule has 3 rings (SSSR count). The van der Waals surface area contributed by atoms with Gasteiger partial charge < -0.3 is 10.1 Å². The standard InChI is InChI=1S/C18H18ClNO3S/c1-11(12-2-3-12)20-17(21)10-23-18(22)16-9-8-15(24-16)13-4-6-14(19)7-5-13/h4-9,11-12H,2-3,10H2,1H3,(H,20,21)/t11-/m1/s1. The minimum absolute atomic E-state index is 0.148. The predicted molar refractivity (Wildman–Crippen MR) is 95.4 cm³/mol. The highest BCUT2D eigenvalue weighted by atomic mass is 35.5. The Labute approximate surface area is 149 Å². The summed E-state index contributed by atoms with van der Waals surface area (Å²) in [6, 6.07) is 11.1. The Morgan fingerprint density at radius 1 is 1.25 bits per heavy atom. The Balaban J connectivity index is 1.53. The lowest BCUT2D eigenvalue weighted by Crippen LogP contribution is -2.37. The molecular formula is C18H18ClNO3S. The maximum atomic E-state index is 12.1. The van der Waals surface area contributed by atoms with Gasteiger partial charge in [-0.3, -0.25) is 4.79 Å². The number of benzene rings is 1. The van der Waals surface area contributed by atoms with Crippen LogP contribution in [0.3, 0.4) is 0 Å². The van der Waals surface area contributed by atoms with E-state index in [0.717, 1.165) is 23.3 Å². The Morgan fingerprint density at radius 3 is 2.62 bits per heavy atom. The number of amides is 1. The van der Waals surface area contributed by atoms with Gasteiger partial charge in [-0.2, -0.15) is 0 Å². The van der Waals surface area contributed by atoms with Crippen LogP contribution in [0.15, 0.2) is 36.4 Å². The number of carbonyl (C=O) groups is 2. The third-order valence-electron chi connectivity index (χ3n) is 3.99. The number of ether oxygens (including phenoxy) is 1. The second kappa shape index (κ2) is 7.36. The molecule has 2 aromatic rings. The quantitative estimate of drug-likeness (QED) is 0.785. The highest BCUT2D eigenvalue weighted by molar-refractivity contribution is 7.17. The summed E-state index contributed by atoms with van der Waals surface area (Å²) in [4.78, 5) is 25.3. The van der Waals surface area contributed by atoms with Gasteiger partial charge in [-0.05, 0) is 55.5 Å². The van der Waals surface area contributed by atoms with Crippen molar-refractivity contribution in [3.8, 4) is 10.4 Å². The van der Waals surface area contributed by atoms with Crippen molar-refractivity contribution in [3.63, 3.8) is 0 Å². The predicted octanol–water partition coefficient (Wildman–Crippen LogP) is 4.14. The van der Waals surface area contributed by atoms with Gasteiger partial charge in [-0.1, -0.05) is 23.7 Å². The molecule has 0 spiro atoms. The van der Waals surface area contributed by atoms with E-state index in [1.807, 2.05) is 25.1 Å². The molecule has 24 heavy (non-hydrogen) atoms. The van der Waals surface area contributed by atoms with Gasteiger partial charge in [0, 0.05) is 15.9 Å². The second-order valence-corrected chi connectivity index (χ2v) is 7.46. The number of nitrogens with one attached hydrogen (secondary N) is 1. The highest BCUT2D eigenvalue weighted by Crippen LogP contribution is 2.32. The minimum Gasteiger partial charge on any atom is -0.451 e. The zero-order chi connectivity index (χ0) is 17.1. The topological polar surface area (TPSA) is 55.4 Å². The first-order valence-corrected chi connectivity index (χ1v) is 9.04. The lowest BCUT2D eigenvalue weighted by molar-refractivity contribution is -0.124. The number of thiophene rings is 1. The van der Waals surface area contributed by atoms with E-state index in [1.54, 1.807) is 18.2 Å². The molecule has 0 saturated heterocycles. The monoisotopic (exact) mass is 363 g/mol. The number of carbonyl (C=O) groups excluding carboxylic acids is 2. The second-order valence-electron chi connectivity index (χ2n) is 5.94. The van der Waals surface area contributed by atoms with Gasteiger partial charge in [0.25, 0.3) is 5.91 Å². The molecule has 4 nitrogen and oxygen atoms in total. The maximum absolute atomic E-state index is 12.1. The Kier molecular flexibility index (Phi) is 5.21. The molecule has 0 bridgehead atoms. The number of halogens is 1. The van der Waals surface area contributed by atoms with E-state index >= 15 is 0 Å². The summed E-state index contributed by atoms with van der Waals surface area (Å²) in [5.41, 5.74) is 0.986. The third-order valence-corrected chi connectivity index (χ3v) is 5.35. The van der Waals surface area contributed by atoms with Gasteiger partial charge in [0.1, 0.15) is 4.88 Å². The van der Waals surface area contributed by atoms with Gasteiger partial charge in [-0.15, -0.1) is 11.3 Å². The van der Waals surface area contributed by atoms with E-state index in [2.05, 4.69) is 5.32 Å². The maximum Gasteiger partial charge on any atom is 0.348 e. The molecule has 0 radical (unpaired) electrons. The summed E-state index contributed by atoms with van der Waals surface area (Å²) in [7, 11) is 0. The zero-order valence-electron chi connectivity index (χ0n) is 13.3. The molecule has 6 heteroatoms. The molecule has 1 atom stereocenters. The smallest absolute Gasteiger partial charge is 0.348 e. The van der Waals surface area contributed by atoms with Crippen LogP contribution in [-0.4, -0.2) is 24.5 Å². The molecule has 1 aromatic heterocycles. The molecule has 1 aliphatic rings. The minimum atomic E-state index is -0.477. The largest absolute Gasteiger partial charge is 0.451 e. The van der Waals surface area contributed by atoms with E-state index in [-0.39, 0.29) is 18.6 Å². The Bertz CT molecular complexity index is 737. The fourth-order valence-electron chi connectivity index (χ4n) is 2.43. The summed E-state index contributed by atoms with van der Waals surface area (Å²) in [6.07, 6.45) is 2.31. The van der Waals surface area contributed by atoms with E-state index in [9.17, 15) is 9.59 Å². The van der Waals surface area contributed by atoms with E-state index in [1.165, 1.54) is 11.3 Å². The molecule has 1 amide bonds. The van der Waals surface area contributed by atoms with Crippen molar-refractivity contribution in [1.29, 1.82) is 0 Å². The zero-order valence-corrected chi connectivity index (χ0v) is 14.8. The summed E-state index contributed by atoms with van der Waals surface area (Å²) in [5, 5.41) is 3.53. The van der Waals surface area contributed by atoms with Crippen molar-refractivity contribution in [2.45, 2.75) is 25.8 Å². The van der Waals surface area contributed by atoms with Crippen LogP contribution in [-0.2, 0) is 9.53 Å². The number of hydrogen-bond acceptors (Lipinski definition) is 4. The summed E-state index contributed by atoms with van der Waals surface area (Å²) in [6.45, 7) is 1.74. The van der Waals surface area contributed by atoms with E-state index in [0.29, 0.717) is 15.8 Å². The normalized spacial score (nSPS) is 14.9. The van der Waals surface area contributed by atoms with Gasteiger partial charge in [0.05, 0.1) is 0 Å². The van der Waals surface area contributed by atoms with Crippen LogP contribution in [0.1, 0.15) is 29.4 Å². The molecule has 1 saturated carbocycles. The molecular weight excluding hydrogens is 346 g/mol. The first kappa shape index (κ1) is 17.0. The van der Waals surface area contributed by atoms with Crippen molar-refractivity contribution in [2.24, 2.45) is 5.92 Å². The van der Waals surface area contributed by atoms with Crippen molar-refractivity contribution in [1.82, 2.24) is 5.32 Å². The SMILES string of the molecule is C[C@@H](NC(=O)COC(=O)c1ccc(-c2ccc(Cl)cc2)s1)C1CC1. The number of esters is 1. The van der Waals surface area contributed by atoms with Gasteiger partial charge >= 0.3 is 5.97 Å². The molecule has 1 fully saturated rings. The van der Waals surface area contributed by atoms with Crippen molar-refractivity contribution in [2.75, 3.05) is 6.61 Å². The fourth-order valence-corrected chi connectivity index (χ4v) is 3.46. The van der Waals surface area contributed by atoms with Crippen LogP contribution >= 0.6 is 22.9 Å². The lowest BCUT2D eigenvalue weighted by Gasteiger charge is -2.12. The molecule has 1 aromatic carbocycles. The Morgan fingerprint density at radius 2 is 1.96 bits per heavy atom. The summed E-state index contributed by atoms with van der Waals surface area (Å²) < 4.78 is 5.10. The van der Waals surface area contributed by atoms with Crippen LogP contribution in [0.25, 0.3) is 10.4 Å². The highest BCUT2D eigenvalue weighted by Gasteiger charge is 2.29. The van der Waals surface area contributed by atoms with Crippen molar-refractivity contribution < 1.29 is 14.3 Å². The van der Waals surface area contributed by atoms with Crippen molar-refractivity contribution in [3.05, 3.63) is 46.3 Å². The first-order valence-electron chi connectivity index (χ1n) is 7.85. The lowest BCUT2D eigenvalue weighted by atomic mass is 10.2.